The molecule has 0 atom stereocenters. The predicted octanol–water partition coefficient (Wildman–Crippen LogP) is 2.94. The average molecular weight is 126 g/mol. The van der Waals surface area contributed by atoms with E-state index in [2.05, 4.69) is 21.2 Å². The second-order valence-corrected chi connectivity index (χ2v) is 3.10. The summed E-state index contributed by atoms with van der Waals surface area (Å²) in [7, 11) is 4.05. The number of rotatable bonds is 0. The summed E-state index contributed by atoms with van der Waals surface area (Å²) in [6, 6.07) is 0. The van der Waals surface area contributed by atoms with Gasteiger partial charge in [-0.15, -0.1) is 0 Å². The Morgan fingerprint density at radius 1 is 1.38 bits per heavy atom. The number of hydrogen-bond donors (Lipinski definition) is 0. The second-order valence-electron chi connectivity index (χ2n) is 2.88. The molecule has 44 valence electrons. The zero-order valence-electron chi connectivity index (χ0n) is 5.28. The molecule has 0 aliphatic heterocycles. The summed E-state index contributed by atoms with van der Waals surface area (Å²) in [6.45, 7) is 2.23. The molecule has 0 aromatic carbocycles. The Morgan fingerprint density at radius 3 is 2.12 bits per heavy atom. The van der Waals surface area contributed by atoms with Gasteiger partial charge in [0.1, 0.15) is 0 Å². The minimum atomic E-state index is 0.350. The van der Waals surface area contributed by atoms with Gasteiger partial charge in [0.2, 0.25) is 0 Å². The third-order valence-electron chi connectivity index (χ3n) is 1.98. The topological polar surface area (TPSA) is 0 Å². The van der Waals surface area contributed by atoms with Gasteiger partial charge >= 0.3 is 52.3 Å². The molecule has 0 heterocycles. The van der Waals surface area contributed by atoms with Crippen LogP contribution in [0, 0.1) is 11.0 Å². The van der Waals surface area contributed by atoms with Gasteiger partial charge in [-0.25, -0.2) is 0 Å². The summed E-state index contributed by atoms with van der Waals surface area (Å²) in [5.41, 5.74) is 3.39. The van der Waals surface area contributed by atoms with E-state index in [9.17, 15) is 0 Å². The molecule has 1 aliphatic rings. The molecule has 1 rings (SSSR count). The Hall–Kier alpha value is 0.210. The van der Waals surface area contributed by atoms with Gasteiger partial charge in [-0.1, -0.05) is 0 Å². The Morgan fingerprint density at radius 2 is 1.88 bits per heavy atom. The van der Waals surface area contributed by atoms with E-state index in [-0.39, 0.29) is 0 Å². The molecule has 0 nitrogen and oxygen atoms in total. The molecule has 1 heteroatoms. The van der Waals surface area contributed by atoms with Crippen molar-refractivity contribution in [2.75, 3.05) is 0 Å². The van der Waals surface area contributed by atoms with Crippen LogP contribution in [0.2, 0.25) is 0 Å². The Bertz CT molecular complexity index is 115. The van der Waals surface area contributed by atoms with Gasteiger partial charge in [-0.3, -0.25) is 0 Å². The first-order chi connectivity index (χ1) is 3.77. The third kappa shape index (κ3) is 1.13. The van der Waals surface area contributed by atoms with E-state index in [4.69, 9.17) is 0 Å². The summed E-state index contributed by atoms with van der Waals surface area (Å²) >= 11 is 0. The fourth-order valence-corrected chi connectivity index (χ4v) is 1.49. The van der Waals surface area contributed by atoms with E-state index in [1.54, 1.807) is 0 Å². The molecule has 0 unspecified atom stereocenters. The van der Waals surface area contributed by atoms with Gasteiger partial charge in [0.25, 0.3) is 0 Å². The van der Waals surface area contributed by atoms with Crippen molar-refractivity contribution in [3.8, 4) is 5.63 Å². The molecule has 0 N–H and O–H groups in total. The normalized spacial score (nSPS) is 25.0. The van der Waals surface area contributed by atoms with Gasteiger partial charge in [0, 0.05) is 0 Å². The minimum absolute atomic E-state index is 0.350. The first kappa shape index (κ1) is 6.33. The SMILES string of the molecule is CC1(C#P)CCCC1. The van der Waals surface area contributed by atoms with Crippen LogP contribution in [0.5, 0.6) is 0 Å². The van der Waals surface area contributed by atoms with Gasteiger partial charge in [-0.2, -0.15) is 0 Å². The van der Waals surface area contributed by atoms with E-state index in [1.165, 1.54) is 25.7 Å². The van der Waals surface area contributed by atoms with Crippen molar-refractivity contribution in [2.45, 2.75) is 32.6 Å². The fourth-order valence-electron chi connectivity index (χ4n) is 1.27. The van der Waals surface area contributed by atoms with Crippen LogP contribution in [0.3, 0.4) is 0 Å². The van der Waals surface area contributed by atoms with Crippen LogP contribution in [0.15, 0.2) is 0 Å². The van der Waals surface area contributed by atoms with E-state index in [0.717, 1.165) is 0 Å². The molecule has 0 aromatic heterocycles. The predicted molar refractivity (Wildman–Crippen MR) is 37.4 cm³/mol. The summed E-state index contributed by atoms with van der Waals surface area (Å²) in [5, 5.41) is 0. The van der Waals surface area contributed by atoms with Gasteiger partial charge in [0.05, 0.1) is 0 Å². The maximum atomic E-state index is 4.05. The number of hydrogen-bond acceptors (Lipinski definition) is 0. The Balaban J connectivity index is 2.56. The van der Waals surface area contributed by atoms with Crippen LogP contribution in [0.4, 0.5) is 0 Å². The van der Waals surface area contributed by atoms with Crippen molar-refractivity contribution in [3.05, 3.63) is 0 Å². The zero-order valence-corrected chi connectivity index (χ0v) is 6.17. The van der Waals surface area contributed by atoms with Crippen LogP contribution in [0.25, 0.3) is 0 Å². The third-order valence-corrected chi connectivity index (χ3v) is 2.52. The molecule has 0 bridgehead atoms. The van der Waals surface area contributed by atoms with Crippen molar-refractivity contribution in [3.63, 3.8) is 0 Å². The average Bonchev–Trinajstić information content (AvgIpc) is 2.17. The van der Waals surface area contributed by atoms with Crippen LogP contribution >= 0.6 is 8.70 Å². The summed E-state index contributed by atoms with van der Waals surface area (Å²) in [6.07, 6.45) is 5.31. The summed E-state index contributed by atoms with van der Waals surface area (Å²) in [4.78, 5) is 0. The molecule has 1 fully saturated rings. The quantitative estimate of drug-likeness (QED) is 0.438. The molecule has 0 aromatic rings. The Labute approximate surface area is 53.2 Å². The van der Waals surface area contributed by atoms with Crippen LogP contribution in [-0.4, -0.2) is 0 Å². The molecular formula is C7H11P. The standard InChI is InChI=1S/C7H11P/c1-7(6-8)4-2-3-5-7/h2-5H2,1H3. The van der Waals surface area contributed by atoms with E-state index in [1.807, 2.05) is 0 Å². The Kier molecular flexibility index (Phi) is 1.75. The zero-order chi connectivity index (χ0) is 6.04. The van der Waals surface area contributed by atoms with E-state index >= 15 is 0 Å². The molecule has 0 amide bonds. The van der Waals surface area contributed by atoms with Gasteiger partial charge in [0.15, 0.2) is 0 Å². The molecule has 0 spiro atoms. The maximum absolute atomic E-state index is 4.05. The molecule has 8 heavy (non-hydrogen) atoms. The van der Waals surface area contributed by atoms with E-state index < -0.39 is 0 Å². The molecule has 1 aliphatic carbocycles. The second kappa shape index (κ2) is 2.21. The van der Waals surface area contributed by atoms with Crippen molar-refractivity contribution in [2.24, 2.45) is 5.41 Å². The van der Waals surface area contributed by atoms with Crippen LogP contribution < -0.4 is 0 Å². The first-order valence-electron chi connectivity index (χ1n) is 3.18. The van der Waals surface area contributed by atoms with E-state index in [0.29, 0.717) is 5.41 Å². The van der Waals surface area contributed by atoms with Gasteiger partial charge < -0.3 is 0 Å². The van der Waals surface area contributed by atoms with Crippen molar-refractivity contribution in [1.82, 2.24) is 0 Å². The molecule has 0 radical (unpaired) electrons. The summed E-state index contributed by atoms with van der Waals surface area (Å²) < 4.78 is 0. The van der Waals surface area contributed by atoms with Crippen molar-refractivity contribution < 1.29 is 0 Å². The van der Waals surface area contributed by atoms with Crippen molar-refractivity contribution >= 4 is 8.70 Å². The summed E-state index contributed by atoms with van der Waals surface area (Å²) in [5.74, 6) is 0. The fraction of sp³-hybridized carbons (Fsp3) is 0.857. The molecule has 1 saturated carbocycles. The molecular weight excluding hydrogens is 115 g/mol. The van der Waals surface area contributed by atoms with Crippen molar-refractivity contribution in [1.29, 1.82) is 0 Å². The monoisotopic (exact) mass is 126 g/mol. The van der Waals surface area contributed by atoms with Gasteiger partial charge in [-0.05, 0) is 0 Å². The first-order valence-corrected chi connectivity index (χ1v) is 3.63. The van der Waals surface area contributed by atoms with Crippen LogP contribution in [-0.2, 0) is 0 Å². The van der Waals surface area contributed by atoms with Crippen LogP contribution in [0.1, 0.15) is 32.6 Å². The molecule has 0 saturated heterocycles.